The highest BCUT2D eigenvalue weighted by atomic mass is 32.2. The van der Waals surface area contributed by atoms with Crippen LogP contribution in [0.1, 0.15) is 32.6 Å². The van der Waals surface area contributed by atoms with E-state index in [1.165, 1.54) is 0 Å². The molecule has 0 bridgehead atoms. The molecule has 1 aromatic carbocycles. The molecular weight excluding hydrogens is 376 g/mol. The number of unbranched alkanes of at least 4 members (excludes halogenated alkanes) is 1. The van der Waals surface area contributed by atoms with Gasteiger partial charge in [0.2, 0.25) is 16.0 Å². The summed E-state index contributed by atoms with van der Waals surface area (Å²) in [4.78, 5) is 9.12. The van der Waals surface area contributed by atoms with Gasteiger partial charge in [0.25, 0.3) is 0 Å². The first kappa shape index (κ1) is 18.8. The van der Waals surface area contributed by atoms with Gasteiger partial charge in [-0.1, -0.05) is 25.5 Å². The minimum absolute atomic E-state index is 0.320. The van der Waals surface area contributed by atoms with Crippen LogP contribution in [0, 0.1) is 0 Å². The molecule has 1 saturated heterocycles. The number of nitrogens with one attached hydrogen (secondary N) is 2. The molecule has 1 aliphatic heterocycles. The smallest absolute Gasteiger partial charge is 0.243 e. The second kappa shape index (κ2) is 7.84. The Morgan fingerprint density at radius 2 is 1.93 bits per heavy atom. The zero-order valence-corrected chi connectivity index (χ0v) is 16.7. The van der Waals surface area contributed by atoms with Crippen molar-refractivity contribution in [3.05, 3.63) is 30.5 Å². The average Bonchev–Trinajstić information content (AvgIpc) is 3.38. The summed E-state index contributed by atoms with van der Waals surface area (Å²) in [6.45, 7) is 4.15. The van der Waals surface area contributed by atoms with Crippen molar-refractivity contribution in [2.24, 2.45) is 0 Å². The third-order valence-corrected chi connectivity index (χ3v) is 6.88. The van der Waals surface area contributed by atoms with E-state index in [0.717, 1.165) is 48.9 Å². The van der Waals surface area contributed by atoms with E-state index in [0.29, 0.717) is 29.6 Å². The minimum atomic E-state index is -3.41. The Morgan fingerprint density at radius 3 is 2.64 bits per heavy atom. The number of sulfonamides is 1. The lowest BCUT2D eigenvalue weighted by Crippen LogP contribution is -2.27. The molecule has 0 atom stereocenters. The van der Waals surface area contributed by atoms with Gasteiger partial charge in [-0.2, -0.15) is 14.4 Å². The van der Waals surface area contributed by atoms with Crippen molar-refractivity contribution < 1.29 is 8.42 Å². The summed E-state index contributed by atoms with van der Waals surface area (Å²) in [7, 11) is -3.41. The van der Waals surface area contributed by atoms with E-state index in [4.69, 9.17) is 0 Å². The molecule has 3 aromatic rings. The molecule has 0 radical (unpaired) electrons. The Morgan fingerprint density at radius 1 is 1.18 bits per heavy atom. The molecule has 28 heavy (non-hydrogen) atoms. The standard InChI is InChI=1S/C19H24N6O2S/c1-2-3-10-20-19-21-13-16-17(23-24-18(16)22-19)14-6-8-15(9-7-14)28(26,27)25-11-4-5-12-25/h6-9,13H,2-5,10-12H2,1H3,(H2,20,21,22,23,24). The number of anilines is 1. The third-order valence-electron chi connectivity index (χ3n) is 4.97. The fourth-order valence-corrected chi connectivity index (χ4v) is 4.87. The van der Waals surface area contributed by atoms with Crippen LogP contribution in [-0.4, -0.2) is 52.5 Å². The molecule has 0 amide bonds. The molecule has 9 heteroatoms. The molecule has 1 aliphatic rings. The second-order valence-corrected chi connectivity index (χ2v) is 8.88. The first-order valence-electron chi connectivity index (χ1n) is 9.65. The van der Waals surface area contributed by atoms with Crippen molar-refractivity contribution in [3.8, 4) is 11.3 Å². The maximum Gasteiger partial charge on any atom is 0.243 e. The fourth-order valence-electron chi connectivity index (χ4n) is 3.36. The van der Waals surface area contributed by atoms with E-state index in [1.807, 2.05) is 0 Å². The van der Waals surface area contributed by atoms with Gasteiger partial charge < -0.3 is 5.32 Å². The molecule has 2 aromatic heterocycles. The van der Waals surface area contributed by atoms with Crippen LogP contribution in [0.5, 0.6) is 0 Å². The van der Waals surface area contributed by atoms with Crippen LogP contribution in [0.4, 0.5) is 5.95 Å². The van der Waals surface area contributed by atoms with Gasteiger partial charge in [0, 0.05) is 31.4 Å². The Balaban J connectivity index is 1.58. The number of aromatic nitrogens is 4. The van der Waals surface area contributed by atoms with E-state index < -0.39 is 10.0 Å². The predicted octanol–water partition coefficient (Wildman–Crippen LogP) is 3.02. The van der Waals surface area contributed by atoms with Gasteiger partial charge >= 0.3 is 0 Å². The van der Waals surface area contributed by atoms with Crippen molar-refractivity contribution >= 4 is 27.0 Å². The largest absolute Gasteiger partial charge is 0.354 e. The van der Waals surface area contributed by atoms with Gasteiger partial charge in [0.15, 0.2) is 5.65 Å². The maximum absolute atomic E-state index is 12.7. The molecule has 1 fully saturated rings. The number of aromatic amines is 1. The van der Waals surface area contributed by atoms with Crippen molar-refractivity contribution in [3.63, 3.8) is 0 Å². The van der Waals surface area contributed by atoms with Gasteiger partial charge in [-0.05, 0) is 31.4 Å². The summed E-state index contributed by atoms with van der Waals surface area (Å²) in [5.74, 6) is 0.561. The van der Waals surface area contributed by atoms with Crippen molar-refractivity contribution in [2.75, 3.05) is 25.0 Å². The number of nitrogens with zero attached hydrogens (tertiary/aromatic N) is 4. The first-order valence-corrected chi connectivity index (χ1v) is 11.1. The zero-order chi connectivity index (χ0) is 19.6. The van der Waals surface area contributed by atoms with Crippen LogP contribution < -0.4 is 5.32 Å². The van der Waals surface area contributed by atoms with Gasteiger partial charge in [-0.15, -0.1) is 0 Å². The van der Waals surface area contributed by atoms with Crippen molar-refractivity contribution in [1.82, 2.24) is 24.5 Å². The summed E-state index contributed by atoms with van der Waals surface area (Å²) < 4.78 is 26.9. The van der Waals surface area contributed by atoms with E-state index in [9.17, 15) is 8.42 Å². The molecular formula is C19H24N6O2S. The highest BCUT2D eigenvalue weighted by molar-refractivity contribution is 7.89. The molecule has 0 aliphatic carbocycles. The SMILES string of the molecule is CCCCNc1ncc2c(-c3ccc(S(=O)(=O)N4CCCC4)cc3)[nH]nc2n1. The Kier molecular flexibility index (Phi) is 5.27. The van der Waals surface area contributed by atoms with Crippen LogP contribution in [0.25, 0.3) is 22.3 Å². The maximum atomic E-state index is 12.7. The highest BCUT2D eigenvalue weighted by Gasteiger charge is 2.27. The van der Waals surface area contributed by atoms with Crippen LogP contribution in [0.3, 0.4) is 0 Å². The summed E-state index contributed by atoms with van der Waals surface area (Å²) >= 11 is 0. The highest BCUT2D eigenvalue weighted by Crippen LogP contribution is 2.28. The molecule has 3 heterocycles. The van der Waals surface area contributed by atoms with E-state index in [2.05, 4.69) is 32.4 Å². The van der Waals surface area contributed by atoms with Crippen LogP contribution in [0.2, 0.25) is 0 Å². The second-order valence-electron chi connectivity index (χ2n) is 6.95. The molecule has 4 rings (SSSR count). The van der Waals surface area contributed by atoms with Gasteiger partial charge in [0.1, 0.15) is 0 Å². The number of fused-ring (bicyclic) bond motifs is 1. The quantitative estimate of drug-likeness (QED) is 0.591. The van der Waals surface area contributed by atoms with Crippen LogP contribution in [0.15, 0.2) is 35.4 Å². The summed E-state index contributed by atoms with van der Waals surface area (Å²) in [5, 5.41) is 11.3. The molecule has 2 N–H and O–H groups in total. The summed E-state index contributed by atoms with van der Waals surface area (Å²) in [6.07, 6.45) is 5.75. The lowest BCUT2D eigenvalue weighted by atomic mass is 10.1. The fraction of sp³-hybridized carbons (Fsp3) is 0.421. The van der Waals surface area contributed by atoms with Gasteiger partial charge in [0.05, 0.1) is 16.0 Å². The normalized spacial score (nSPS) is 15.3. The van der Waals surface area contributed by atoms with E-state index in [1.54, 1.807) is 34.8 Å². The lowest BCUT2D eigenvalue weighted by molar-refractivity contribution is 0.477. The Hall–Kier alpha value is -2.52. The lowest BCUT2D eigenvalue weighted by Gasteiger charge is -2.15. The number of hydrogen-bond donors (Lipinski definition) is 2. The number of H-pyrrole nitrogens is 1. The topological polar surface area (TPSA) is 104 Å². The molecule has 8 nitrogen and oxygen atoms in total. The van der Waals surface area contributed by atoms with Crippen molar-refractivity contribution in [1.29, 1.82) is 0 Å². The molecule has 0 saturated carbocycles. The number of hydrogen-bond acceptors (Lipinski definition) is 6. The number of rotatable bonds is 7. The predicted molar refractivity (Wildman–Crippen MR) is 109 cm³/mol. The van der Waals surface area contributed by atoms with Crippen LogP contribution >= 0.6 is 0 Å². The number of benzene rings is 1. The Bertz CT molecular complexity index is 1060. The van der Waals surface area contributed by atoms with Crippen molar-refractivity contribution in [2.45, 2.75) is 37.5 Å². The Labute approximate surface area is 164 Å². The average molecular weight is 401 g/mol. The molecule has 0 unspecified atom stereocenters. The van der Waals surface area contributed by atoms with Gasteiger partial charge in [-0.25, -0.2) is 13.4 Å². The summed E-state index contributed by atoms with van der Waals surface area (Å²) in [6, 6.07) is 6.89. The molecule has 148 valence electrons. The van der Waals surface area contributed by atoms with Gasteiger partial charge in [-0.3, -0.25) is 5.10 Å². The molecule has 0 spiro atoms. The monoisotopic (exact) mass is 400 g/mol. The van der Waals surface area contributed by atoms with E-state index >= 15 is 0 Å². The summed E-state index contributed by atoms with van der Waals surface area (Å²) in [5.41, 5.74) is 2.20. The van der Waals surface area contributed by atoms with Crippen LogP contribution in [-0.2, 0) is 10.0 Å². The minimum Gasteiger partial charge on any atom is -0.354 e. The zero-order valence-electron chi connectivity index (χ0n) is 15.9. The first-order chi connectivity index (χ1) is 13.6. The van der Waals surface area contributed by atoms with E-state index in [-0.39, 0.29) is 0 Å². The third kappa shape index (κ3) is 3.59.